The average Bonchev–Trinajstić information content (AvgIpc) is 3.53. The highest BCUT2D eigenvalue weighted by atomic mass is 16.7. The van der Waals surface area contributed by atoms with Crippen molar-refractivity contribution in [1.29, 1.82) is 0 Å². The minimum Gasteiger partial charge on any atom is -0.490 e. The molecule has 0 bridgehead atoms. The Morgan fingerprint density at radius 1 is 0.809 bits per heavy atom. The van der Waals surface area contributed by atoms with Gasteiger partial charge in [0.05, 0.1) is 6.61 Å². The summed E-state index contributed by atoms with van der Waals surface area (Å²) in [5.74, 6) is 5.31. The maximum absolute atomic E-state index is 6.74. The quantitative estimate of drug-likeness (QED) is 0.154. The topological polar surface area (TPSA) is 27.7 Å². The molecule has 1 fully saturated rings. The monoisotopic (exact) mass is 630 g/mol. The number of fused-ring (bicyclic) bond motifs is 1. The van der Waals surface area contributed by atoms with Crippen LogP contribution < -0.4 is 9.47 Å². The first-order valence-corrected chi connectivity index (χ1v) is 18.2. The van der Waals surface area contributed by atoms with E-state index in [9.17, 15) is 0 Å². The second-order valence-corrected chi connectivity index (χ2v) is 14.5. The summed E-state index contributed by atoms with van der Waals surface area (Å²) in [7, 11) is 0. The van der Waals surface area contributed by atoms with Crippen molar-refractivity contribution in [2.75, 3.05) is 13.2 Å². The van der Waals surface area contributed by atoms with Crippen LogP contribution in [0.5, 0.6) is 11.5 Å². The molecule has 1 saturated carbocycles. The molecule has 6 rings (SSSR count). The fourth-order valence-corrected chi connectivity index (χ4v) is 7.99. The maximum Gasteiger partial charge on any atom is 0.203 e. The second-order valence-electron chi connectivity index (χ2n) is 14.5. The van der Waals surface area contributed by atoms with Crippen molar-refractivity contribution in [3.63, 3.8) is 0 Å². The van der Waals surface area contributed by atoms with E-state index in [2.05, 4.69) is 137 Å². The van der Waals surface area contributed by atoms with Gasteiger partial charge in [0.1, 0.15) is 18.1 Å². The van der Waals surface area contributed by atoms with Gasteiger partial charge in [-0.2, -0.15) is 0 Å². The molecule has 0 saturated heterocycles. The fraction of sp³-hybridized carbons (Fsp3) is 0.455. The van der Waals surface area contributed by atoms with E-state index in [4.69, 9.17) is 14.2 Å². The van der Waals surface area contributed by atoms with Gasteiger partial charge in [-0.25, -0.2) is 0 Å². The molecule has 0 aromatic heterocycles. The van der Waals surface area contributed by atoms with Crippen LogP contribution in [0, 0.1) is 29.6 Å². The van der Waals surface area contributed by atoms with Crippen molar-refractivity contribution >= 4 is 5.57 Å². The molecule has 2 aromatic carbocycles. The van der Waals surface area contributed by atoms with Crippen LogP contribution in [0.1, 0.15) is 94.7 Å². The minimum atomic E-state index is -0.334. The Labute approximate surface area is 283 Å². The lowest BCUT2D eigenvalue weighted by Crippen LogP contribution is -2.34. The van der Waals surface area contributed by atoms with E-state index in [-0.39, 0.29) is 6.29 Å². The first-order chi connectivity index (χ1) is 23.0. The molecular weight excluding hydrogens is 576 g/mol. The van der Waals surface area contributed by atoms with Crippen LogP contribution in [-0.2, 0) is 4.74 Å². The molecule has 4 aliphatic carbocycles. The van der Waals surface area contributed by atoms with E-state index in [1.54, 1.807) is 0 Å². The molecule has 3 nitrogen and oxygen atoms in total. The zero-order valence-corrected chi connectivity index (χ0v) is 28.9. The van der Waals surface area contributed by atoms with E-state index >= 15 is 0 Å². The molecule has 0 aliphatic heterocycles. The highest BCUT2D eigenvalue weighted by Crippen LogP contribution is 2.44. The van der Waals surface area contributed by atoms with Gasteiger partial charge in [0.2, 0.25) is 6.29 Å². The number of para-hydroxylation sites is 1. The van der Waals surface area contributed by atoms with Crippen molar-refractivity contribution in [3.8, 4) is 11.5 Å². The number of benzene rings is 2. The zero-order valence-electron chi connectivity index (χ0n) is 28.9. The molecule has 0 heterocycles. The lowest BCUT2D eigenvalue weighted by molar-refractivity contribution is -0.126. The van der Waals surface area contributed by atoms with Gasteiger partial charge >= 0.3 is 0 Å². The maximum atomic E-state index is 6.74. The number of allylic oxidation sites excluding steroid dienone is 12. The molecule has 2 aromatic rings. The minimum absolute atomic E-state index is 0.298. The molecule has 3 heteroatoms. The molecule has 6 unspecified atom stereocenters. The van der Waals surface area contributed by atoms with Crippen molar-refractivity contribution in [1.82, 2.24) is 0 Å². The van der Waals surface area contributed by atoms with Gasteiger partial charge < -0.3 is 14.2 Å². The summed E-state index contributed by atoms with van der Waals surface area (Å²) < 4.78 is 20.1. The number of rotatable bonds is 14. The van der Waals surface area contributed by atoms with Gasteiger partial charge in [-0.1, -0.05) is 125 Å². The Morgan fingerprint density at radius 2 is 1.64 bits per heavy atom. The Hall–Kier alpha value is -3.56. The standard InChI is InChI=1S/C44H54O3/c1-31(2)30-42(32(3)4)36-22-25-37(26-23-36)47-44(41-27-24-35-18-11-12-19-38(35)41)46-29-28-45-43-39(33-14-7-5-8-15-33)20-13-21-40(43)34-16-9-6-10-17-34/h5-9,11-14,16,18-23,25-26,31-33,35,38,41-42,44H,10,15,17,24,27-30H2,1-4H3. The van der Waals surface area contributed by atoms with Gasteiger partial charge in [-0.3, -0.25) is 0 Å². The summed E-state index contributed by atoms with van der Waals surface area (Å²) in [6.45, 7) is 10.2. The zero-order chi connectivity index (χ0) is 32.6. The SMILES string of the molecule is CC(C)CC(c1ccc(OC(OCCOc2c(C3=CC=CCC3)cccc2C2C=CC=CC2)C2CCC3C=CC=CC32)cc1)C(C)C. The molecule has 0 radical (unpaired) electrons. The van der Waals surface area contributed by atoms with Crippen LogP contribution in [0.25, 0.3) is 5.57 Å². The number of hydrogen-bond acceptors (Lipinski definition) is 3. The van der Waals surface area contributed by atoms with Crippen LogP contribution >= 0.6 is 0 Å². The predicted molar refractivity (Wildman–Crippen MR) is 196 cm³/mol. The Morgan fingerprint density at radius 3 is 2.38 bits per heavy atom. The van der Waals surface area contributed by atoms with Gasteiger partial charge in [0.25, 0.3) is 0 Å². The first kappa shape index (κ1) is 33.3. The number of ether oxygens (including phenoxy) is 3. The van der Waals surface area contributed by atoms with Gasteiger partial charge in [-0.15, -0.1) is 0 Å². The number of hydrogen-bond donors (Lipinski definition) is 0. The first-order valence-electron chi connectivity index (χ1n) is 18.2. The molecule has 0 N–H and O–H groups in total. The van der Waals surface area contributed by atoms with Gasteiger partial charge in [0, 0.05) is 23.0 Å². The van der Waals surface area contributed by atoms with Crippen molar-refractivity contribution in [2.45, 2.75) is 84.3 Å². The third-order valence-electron chi connectivity index (χ3n) is 10.5. The van der Waals surface area contributed by atoms with Gasteiger partial charge in [0.15, 0.2) is 0 Å². The smallest absolute Gasteiger partial charge is 0.203 e. The van der Waals surface area contributed by atoms with Crippen molar-refractivity contribution in [2.24, 2.45) is 29.6 Å². The predicted octanol–water partition coefficient (Wildman–Crippen LogP) is 11.4. The summed E-state index contributed by atoms with van der Waals surface area (Å²) >= 11 is 0. The van der Waals surface area contributed by atoms with Crippen LogP contribution in [0.15, 0.2) is 109 Å². The van der Waals surface area contributed by atoms with E-state index < -0.39 is 0 Å². The highest BCUT2D eigenvalue weighted by Gasteiger charge is 2.40. The summed E-state index contributed by atoms with van der Waals surface area (Å²) in [5.41, 5.74) is 5.20. The lowest BCUT2D eigenvalue weighted by atomic mass is 9.82. The summed E-state index contributed by atoms with van der Waals surface area (Å²) in [4.78, 5) is 0. The lowest BCUT2D eigenvalue weighted by Gasteiger charge is -2.30. The highest BCUT2D eigenvalue weighted by molar-refractivity contribution is 5.74. The summed E-state index contributed by atoms with van der Waals surface area (Å²) in [5, 5.41) is 0. The van der Waals surface area contributed by atoms with Crippen LogP contribution in [0.4, 0.5) is 0 Å². The van der Waals surface area contributed by atoms with E-state index in [1.165, 1.54) is 35.1 Å². The normalized spacial score (nSPS) is 24.4. The summed E-state index contributed by atoms with van der Waals surface area (Å²) in [6.07, 6.45) is 30.8. The largest absolute Gasteiger partial charge is 0.490 e. The van der Waals surface area contributed by atoms with E-state index in [0.29, 0.717) is 54.6 Å². The molecule has 0 amide bonds. The van der Waals surface area contributed by atoms with Crippen LogP contribution in [0.3, 0.4) is 0 Å². The average molecular weight is 631 g/mol. The van der Waals surface area contributed by atoms with E-state index in [1.807, 2.05) is 0 Å². The molecule has 4 aliphatic rings. The fourth-order valence-electron chi connectivity index (χ4n) is 7.99. The van der Waals surface area contributed by atoms with Crippen LogP contribution in [-0.4, -0.2) is 19.5 Å². The molecular formula is C44H54O3. The van der Waals surface area contributed by atoms with Crippen molar-refractivity contribution < 1.29 is 14.2 Å². The van der Waals surface area contributed by atoms with Gasteiger partial charge in [-0.05, 0) is 91.4 Å². The third-order valence-corrected chi connectivity index (χ3v) is 10.5. The Balaban J connectivity index is 1.18. The van der Waals surface area contributed by atoms with E-state index in [0.717, 1.165) is 37.2 Å². The Bertz CT molecular complexity index is 1500. The van der Waals surface area contributed by atoms with Crippen LogP contribution in [0.2, 0.25) is 0 Å². The Kier molecular flexibility index (Phi) is 11.4. The molecule has 248 valence electrons. The molecule has 47 heavy (non-hydrogen) atoms. The third kappa shape index (κ3) is 8.30. The van der Waals surface area contributed by atoms with Crippen molar-refractivity contribution in [3.05, 3.63) is 126 Å². The molecule has 0 spiro atoms. The second kappa shape index (κ2) is 16.0. The molecule has 6 atom stereocenters. The summed E-state index contributed by atoms with van der Waals surface area (Å²) in [6, 6.07) is 15.5.